The van der Waals surface area contributed by atoms with Gasteiger partial charge in [0.1, 0.15) is 0 Å². The molecule has 1 aromatic carbocycles. The van der Waals surface area contributed by atoms with Crippen LogP contribution in [0.5, 0.6) is 0 Å². The van der Waals surface area contributed by atoms with E-state index >= 15 is 0 Å². The van der Waals surface area contributed by atoms with Gasteiger partial charge in [0.25, 0.3) is 5.91 Å². The molecule has 4 rings (SSSR count). The van der Waals surface area contributed by atoms with Crippen LogP contribution in [-0.4, -0.2) is 11.9 Å². The van der Waals surface area contributed by atoms with E-state index in [9.17, 15) is 4.79 Å². The van der Waals surface area contributed by atoms with Gasteiger partial charge in [0.05, 0.1) is 4.88 Å². The Bertz CT molecular complexity index is 713. The zero-order valence-electron chi connectivity index (χ0n) is 12.6. The van der Waals surface area contributed by atoms with Crippen LogP contribution in [0.15, 0.2) is 24.3 Å². The summed E-state index contributed by atoms with van der Waals surface area (Å²) < 4.78 is 1.21. The highest BCUT2D eigenvalue weighted by Crippen LogP contribution is 2.64. The molecule has 2 nitrogen and oxygen atoms in total. The number of carbonyl (C=O) groups excluding carboxylic acids is 1. The monoisotopic (exact) mass is 299 g/mol. The maximum atomic E-state index is 12.6. The van der Waals surface area contributed by atoms with E-state index < -0.39 is 0 Å². The highest BCUT2D eigenvalue weighted by atomic mass is 32.1. The van der Waals surface area contributed by atoms with Crippen molar-refractivity contribution in [2.24, 2.45) is 11.3 Å². The average Bonchev–Trinajstić information content (AvgIpc) is 3.17. The Morgan fingerprint density at radius 1 is 1.38 bits per heavy atom. The molecule has 2 aliphatic carbocycles. The van der Waals surface area contributed by atoms with Crippen LogP contribution in [0, 0.1) is 18.3 Å². The minimum Gasteiger partial charge on any atom is -0.348 e. The van der Waals surface area contributed by atoms with Crippen molar-refractivity contribution < 1.29 is 4.79 Å². The summed E-state index contributed by atoms with van der Waals surface area (Å²) in [7, 11) is 0. The van der Waals surface area contributed by atoms with Crippen molar-refractivity contribution in [2.45, 2.75) is 45.6 Å². The molecule has 1 aromatic heterocycles. The molecule has 0 bridgehead atoms. The van der Waals surface area contributed by atoms with Gasteiger partial charge in [0.15, 0.2) is 0 Å². The van der Waals surface area contributed by atoms with Crippen LogP contribution < -0.4 is 5.32 Å². The standard InChI is InChI=1S/C18H21NOS/c1-3-12-10-18(6-7-18)16(12)19-17(20)15-9-13-5-4-11(2)8-14(13)21-15/h4-5,8-9,12,16H,3,6-7,10H2,1-2H3,(H,19,20). The van der Waals surface area contributed by atoms with Gasteiger partial charge in [-0.1, -0.05) is 25.5 Å². The average molecular weight is 299 g/mol. The van der Waals surface area contributed by atoms with Gasteiger partial charge >= 0.3 is 0 Å². The number of fused-ring (bicyclic) bond motifs is 1. The zero-order valence-corrected chi connectivity index (χ0v) is 13.4. The molecule has 2 fully saturated rings. The number of benzene rings is 1. The Morgan fingerprint density at radius 3 is 2.90 bits per heavy atom. The Kier molecular flexibility index (Phi) is 2.90. The minimum atomic E-state index is 0.128. The fraction of sp³-hybridized carbons (Fsp3) is 0.500. The molecule has 1 amide bonds. The van der Waals surface area contributed by atoms with Crippen LogP contribution in [0.4, 0.5) is 0 Å². The second kappa shape index (κ2) is 4.57. The summed E-state index contributed by atoms with van der Waals surface area (Å²) in [6.45, 7) is 4.33. The van der Waals surface area contributed by atoms with Crippen LogP contribution in [0.3, 0.4) is 0 Å². The summed E-state index contributed by atoms with van der Waals surface area (Å²) in [4.78, 5) is 13.4. The van der Waals surface area contributed by atoms with Crippen molar-refractivity contribution in [3.05, 3.63) is 34.7 Å². The lowest BCUT2D eigenvalue weighted by Crippen LogP contribution is -2.54. The SMILES string of the molecule is CCC1CC2(CC2)C1NC(=O)c1cc2ccc(C)cc2s1. The van der Waals surface area contributed by atoms with Gasteiger partial charge < -0.3 is 5.32 Å². The van der Waals surface area contributed by atoms with Crippen molar-refractivity contribution in [2.75, 3.05) is 0 Å². The number of aryl methyl sites for hydroxylation is 1. The van der Waals surface area contributed by atoms with Crippen molar-refractivity contribution >= 4 is 27.3 Å². The van der Waals surface area contributed by atoms with Crippen LogP contribution in [0.2, 0.25) is 0 Å². The normalized spacial score (nSPS) is 25.8. The minimum absolute atomic E-state index is 0.128. The molecule has 2 atom stereocenters. The lowest BCUT2D eigenvalue weighted by atomic mass is 9.65. The van der Waals surface area contributed by atoms with Crippen LogP contribution in [0.1, 0.15) is 47.8 Å². The van der Waals surface area contributed by atoms with E-state index in [4.69, 9.17) is 0 Å². The largest absolute Gasteiger partial charge is 0.348 e. The maximum Gasteiger partial charge on any atom is 0.261 e. The number of nitrogens with one attached hydrogen (secondary N) is 1. The molecule has 1 N–H and O–H groups in total. The summed E-state index contributed by atoms with van der Waals surface area (Å²) >= 11 is 1.61. The predicted octanol–water partition coefficient (Wildman–Crippen LogP) is 4.52. The van der Waals surface area contributed by atoms with E-state index in [1.165, 1.54) is 41.3 Å². The Morgan fingerprint density at radius 2 is 2.19 bits per heavy atom. The van der Waals surface area contributed by atoms with Crippen LogP contribution in [0.25, 0.3) is 10.1 Å². The van der Waals surface area contributed by atoms with Gasteiger partial charge in [-0.25, -0.2) is 0 Å². The number of hydrogen-bond donors (Lipinski definition) is 1. The number of hydrogen-bond acceptors (Lipinski definition) is 2. The van der Waals surface area contributed by atoms with Crippen molar-refractivity contribution in [3.63, 3.8) is 0 Å². The topological polar surface area (TPSA) is 29.1 Å². The highest BCUT2D eigenvalue weighted by Gasteiger charge is 2.60. The third-order valence-electron chi connectivity index (χ3n) is 5.40. The molecule has 0 saturated heterocycles. The molecule has 1 heterocycles. The number of thiophene rings is 1. The van der Waals surface area contributed by atoms with Crippen molar-refractivity contribution in [3.8, 4) is 0 Å². The molecule has 110 valence electrons. The van der Waals surface area contributed by atoms with Gasteiger partial charge in [0.2, 0.25) is 0 Å². The molecule has 2 aromatic rings. The lowest BCUT2D eigenvalue weighted by molar-refractivity contribution is 0.0630. The van der Waals surface area contributed by atoms with Gasteiger partial charge in [0, 0.05) is 10.7 Å². The Hall–Kier alpha value is -1.35. The van der Waals surface area contributed by atoms with E-state index in [1.807, 2.05) is 6.07 Å². The van der Waals surface area contributed by atoms with Crippen molar-refractivity contribution in [1.82, 2.24) is 5.32 Å². The first-order valence-electron chi connectivity index (χ1n) is 7.92. The van der Waals surface area contributed by atoms with Crippen molar-refractivity contribution in [1.29, 1.82) is 0 Å². The summed E-state index contributed by atoms with van der Waals surface area (Å²) in [6.07, 6.45) is 5.11. The van der Waals surface area contributed by atoms with Crippen LogP contribution in [-0.2, 0) is 0 Å². The molecule has 2 aliphatic rings. The van der Waals surface area contributed by atoms with E-state index in [2.05, 4.69) is 37.4 Å². The molecule has 3 heteroatoms. The number of carbonyl (C=O) groups is 1. The molecule has 21 heavy (non-hydrogen) atoms. The molecule has 0 radical (unpaired) electrons. The fourth-order valence-corrected chi connectivity index (χ4v) is 4.96. The molecule has 2 saturated carbocycles. The third kappa shape index (κ3) is 2.10. The molecular formula is C18H21NOS. The summed E-state index contributed by atoms with van der Waals surface area (Å²) in [5.74, 6) is 0.816. The maximum absolute atomic E-state index is 12.6. The third-order valence-corrected chi connectivity index (χ3v) is 6.50. The highest BCUT2D eigenvalue weighted by molar-refractivity contribution is 7.20. The first-order valence-corrected chi connectivity index (χ1v) is 8.74. The first-order chi connectivity index (χ1) is 10.1. The van der Waals surface area contributed by atoms with Gasteiger partial charge in [-0.3, -0.25) is 4.79 Å². The molecule has 0 aliphatic heterocycles. The lowest BCUT2D eigenvalue weighted by Gasteiger charge is -2.46. The Labute approximate surface area is 129 Å². The predicted molar refractivity (Wildman–Crippen MR) is 87.9 cm³/mol. The van der Waals surface area contributed by atoms with Gasteiger partial charge in [-0.15, -0.1) is 11.3 Å². The number of rotatable bonds is 3. The first kappa shape index (κ1) is 13.3. The smallest absolute Gasteiger partial charge is 0.261 e. The quantitative estimate of drug-likeness (QED) is 0.887. The van der Waals surface area contributed by atoms with Crippen LogP contribution >= 0.6 is 11.3 Å². The fourth-order valence-electron chi connectivity index (χ4n) is 3.90. The summed E-state index contributed by atoms with van der Waals surface area (Å²) in [5.41, 5.74) is 1.72. The molecular weight excluding hydrogens is 278 g/mol. The second-order valence-corrected chi connectivity index (χ2v) is 7.92. The van der Waals surface area contributed by atoms with Gasteiger partial charge in [-0.2, -0.15) is 0 Å². The van der Waals surface area contributed by atoms with Gasteiger partial charge in [-0.05, 0) is 60.6 Å². The van der Waals surface area contributed by atoms with E-state index in [1.54, 1.807) is 11.3 Å². The summed E-state index contributed by atoms with van der Waals surface area (Å²) in [5, 5.41) is 4.51. The van der Waals surface area contributed by atoms with E-state index in [0.29, 0.717) is 17.4 Å². The summed E-state index contributed by atoms with van der Waals surface area (Å²) in [6, 6.07) is 8.83. The second-order valence-electron chi connectivity index (χ2n) is 6.84. The van der Waals surface area contributed by atoms with E-state index in [-0.39, 0.29) is 5.91 Å². The van der Waals surface area contributed by atoms with E-state index in [0.717, 1.165) is 4.88 Å². The molecule has 2 unspecified atom stereocenters. The number of amides is 1. The molecule has 1 spiro atoms. The Balaban J connectivity index is 1.56. The zero-order chi connectivity index (χ0) is 14.6.